The van der Waals surface area contributed by atoms with Crippen molar-refractivity contribution >= 4 is 5.82 Å². The molecule has 3 saturated carbocycles. The van der Waals surface area contributed by atoms with Gasteiger partial charge in [-0.15, -0.1) is 0 Å². The molecule has 0 amide bonds. The van der Waals surface area contributed by atoms with Crippen LogP contribution in [0.5, 0.6) is 5.75 Å². The number of anilines is 1. The third-order valence-electron chi connectivity index (χ3n) is 8.15. The number of ether oxygens (including phenoxy) is 2. The number of nitrogens with two attached hydrogens (primary N) is 1. The molecule has 33 heavy (non-hydrogen) atoms. The Balaban J connectivity index is 1.26. The van der Waals surface area contributed by atoms with Crippen molar-refractivity contribution < 1.29 is 18.3 Å². The number of halogens is 2. The first kappa shape index (κ1) is 21.3. The first-order valence-corrected chi connectivity index (χ1v) is 12.2. The number of hydrogen-bond donors (Lipinski definition) is 1. The predicted octanol–water partition coefficient (Wildman–Crippen LogP) is 4.07. The molecule has 4 fully saturated rings. The molecule has 0 aromatic carbocycles. The van der Waals surface area contributed by atoms with Crippen LogP contribution in [-0.4, -0.2) is 58.6 Å². The van der Waals surface area contributed by atoms with E-state index in [4.69, 9.17) is 15.6 Å². The van der Waals surface area contributed by atoms with Crippen molar-refractivity contribution in [2.75, 3.05) is 32.0 Å². The molecule has 9 heteroatoms. The fraction of sp³-hybridized carbons (Fsp3) is 0.667. The Hall–Kier alpha value is -2.26. The Labute approximate surface area is 192 Å². The van der Waals surface area contributed by atoms with Crippen LogP contribution in [-0.2, 0) is 4.74 Å². The minimum atomic E-state index is -2.94. The van der Waals surface area contributed by atoms with E-state index in [1.54, 1.807) is 6.20 Å². The van der Waals surface area contributed by atoms with Crippen molar-refractivity contribution in [1.29, 1.82) is 0 Å². The zero-order valence-corrected chi connectivity index (χ0v) is 18.7. The van der Waals surface area contributed by atoms with Crippen molar-refractivity contribution in [2.45, 2.75) is 63.1 Å². The Bertz CT molecular complexity index is 991. The van der Waals surface area contributed by atoms with Gasteiger partial charge < -0.3 is 15.2 Å². The molecule has 4 atom stereocenters. The summed E-state index contributed by atoms with van der Waals surface area (Å²) in [6.07, 6.45) is 8.84. The van der Waals surface area contributed by atoms with Gasteiger partial charge in [-0.25, -0.2) is 4.98 Å². The van der Waals surface area contributed by atoms with Gasteiger partial charge in [-0.1, -0.05) is 12.8 Å². The van der Waals surface area contributed by atoms with Gasteiger partial charge in [-0.05, 0) is 49.7 Å². The second-order valence-corrected chi connectivity index (χ2v) is 9.95. The molecule has 3 heterocycles. The second-order valence-electron chi connectivity index (χ2n) is 9.95. The quantitative estimate of drug-likeness (QED) is 0.702. The van der Waals surface area contributed by atoms with Crippen molar-refractivity contribution in [3.05, 3.63) is 24.0 Å². The number of aromatic nitrogens is 3. The first-order chi connectivity index (χ1) is 16.1. The van der Waals surface area contributed by atoms with Crippen LogP contribution in [0.1, 0.15) is 56.2 Å². The normalized spacial score (nSPS) is 30.2. The third-order valence-corrected chi connectivity index (χ3v) is 8.15. The smallest absolute Gasteiger partial charge is 0.387 e. The summed E-state index contributed by atoms with van der Waals surface area (Å²) in [6.45, 7) is 0.846. The molecule has 2 aromatic heterocycles. The second kappa shape index (κ2) is 8.51. The van der Waals surface area contributed by atoms with E-state index in [2.05, 4.69) is 25.4 Å². The highest BCUT2D eigenvalue weighted by Crippen LogP contribution is 2.64. The maximum absolute atomic E-state index is 12.8. The van der Waals surface area contributed by atoms with E-state index >= 15 is 0 Å². The van der Waals surface area contributed by atoms with E-state index in [1.807, 2.05) is 0 Å². The van der Waals surface area contributed by atoms with Gasteiger partial charge in [-0.3, -0.25) is 9.58 Å². The topological polar surface area (TPSA) is 78.4 Å². The minimum absolute atomic E-state index is 0.0413. The van der Waals surface area contributed by atoms with Crippen LogP contribution < -0.4 is 10.5 Å². The molecule has 7 nitrogen and oxygen atoms in total. The largest absolute Gasteiger partial charge is 0.431 e. The summed E-state index contributed by atoms with van der Waals surface area (Å²) in [5.74, 6) is 1.83. The fourth-order valence-corrected chi connectivity index (χ4v) is 6.52. The summed E-state index contributed by atoms with van der Waals surface area (Å²) >= 11 is 0. The summed E-state index contributed by atoms with van der Waals surface area (Å²) < 4.78 is 37.9. The van der Waals surface area contributed by atoms with E-state index < -0.39 is 6.61 Å². The van der Waals surface area contributed by atoms with Crippen LogP contribution >= 0.6 is 0 Å². The van der Waals surface area contributed by atoms with Crippen molar-refractivity contribution in [3.8, 4) is 17.0 Å². The number of pyridine rings is 1. The highest BCUT2D eigenvalue weighted by Gasteiger charge is 2.58. The lowest BCUT2D eigenvalue weighted by Crippen LogP contribution is -2.43. The standard InChI is InChI=1S/C24H31F2N5O2/c25-24(26)33-21-9-14(13-28-23(21)27)19-12-20(31(29-19)15-3-1-2-4-15)22-17-10-16(11-18(17)22)30-5-7-32-8-6-30/h9,12-13,15-18,22,24H,1-8,10-11H2,(H2,27,28)/t16-,17+,18-,22-. The molecule has 2 N–H and O–H groups in total. The Kier molecular flexibility index (Phi) is 5.49. The molecular formula is C24H31F2N5O2. The molecular weight excluding hydrogens is 428 g/mol. The van der Waals surface area contributed by atoms with E-state index in [0.717, 1.165) is 44.8 Å². The van der Waals surface area contributed by atoms with Crippen LogP contribution in [0.15, 0.2) is 18.3 Å². The molecule has 1 aliphatic heterocycles. The van der Waals surface area contributed by atoms with Gasteiger partial charge in [0.05, 0.1) is 24.9 Å². The first-order valence-electron chi connectivity index (χ1n) is 12.2. The molecule has 0 bridgehead atoms. The van der Waals surface area contributed by atoms with Gasteiger partial charge >= 0.3 is 6.61 Å². The number of rotatable bonds is 6. The van der Waals surface area contributed by atoms with Gasteiger partial charge in [0.15, 0.2) is 11.6 Å². The minimum Gasteiger partial charge on any atom is -0.431 e. The van der Waals surface area contributed by atoms with Crippen molar-refractivity contribution in [2.24, 2.45) is 11.8 Å². The zero-order chi connectivity index (χ0) is 22.5. The molecule has 3 aliphatic carbocycles. The molecule has 4 aliphatic rings. The summed E-state index contributed by atoms with van der Waals surface area (Å²) in [5, 5.41) is 4.98. The maximum Gasteiger partial charge on any atom is 0.387 e. The molecule has 0 unspecified atom stereocenters. The molecule has 6 rings (SSSR count). The maximum atomic E-state index is 12.8. The van der Waals surface area contributed by atoms with E-state index in [0.29, 0.717) is 35.4 Å². The average molecular weight is 460 g/mol. The lowest BCUT2D eigenvalue weighted by atomic mass is 10.0. The monoisotopic (exact) mass is 459 g/mol. The van der Waals surface area contributed by atoms with Gasteiger partial charge in [-0.2, -0.15) is 13.9 Å². The molecule has 1 saturated heterocycles. The van der Waals surface area contributed by atoms with Crippen molar-refractivity contribution in [1.82, 2.24) is 19.7 Å². The molecule has 2 aromatic rings. The highest BCUT2D eigenvalue weighted by atomic mass is 19.3. The summed E-state index contributed by atoms with van der Waals surface area (Å²) in [7, 11) is 0. The summed E-state index contributed by atoms with van der Waals surface area (Å²) in [4.78, 5) is 6.69. The number of fused-ring (bicyclic) bond motifs is 1. The van der Waals surface area contributed by atoms with Crippen LogP contribution in [0, 0.1) is 11.8 Å². The van der Waals surface area contributed by atoms with Crippen LogP contribution in [0.3, 0.4) is 0 Å². The Morgan fingerprint density at radius 3 is 2.48 bits per heavy atom. The zero-order valence-electron chi connectivity index (χ0n) is 18.7. The molecule has 0 radical (unpaired) electrons. The highest BCUT2D eigenvalue weighted by molar-refractivity contribution is 5.64. The third kappa shape index (κ3) is 3.99. The number of nitrogens with zero attached hydrogens (tertiary/aromatic N) is 4. The van der Waals surface area contributed by atoms with E-state index in [9.17, 15) is 8.78 Å². The lowest BCUT2D eigenvalue weighted by molar-refractivity contribution is -0.0494. The Morgan fingerprint density at radius 2 is 1.79 bits per heavy atom. The number of nitrogen functional groups attached to an aromatic ring is 1. The predicted molar refractivity (Wildman–Crippen MR) is 119 cm³/mol. The summed E-state index contributed by atoms with van der Waals surface area (Å²) in [5.41, 5.74) is 8.47. The van der Waals surface area contributed by atoms with Gasteiger partial charge in [0.2, 0.25) is 0 Å². The average Bonchev–Trinajstić information content (AvgIpc) is 3.32. The van der Waals surface area contributed by atoms with E-state index in [1.165, 1.54) is 37.4 Å². The van der Waals surface area contributed by atoms with Gasteiger partial charge in [0, 0.05) is 42.5 Å². The summed E-state index contributed by atoms with van der Waals surface area (Å²) in [6, 6.07) is 4.79. The van der Waals surface area contributed by atoms with Gasteiger partial charge in [0.1, 0.15) is 0 Å². The number of alkyl halides is 2. The van der Waals surface area contributed by atoms with Crippen LogP contribution in [0.25, 0.3) is 11.3 Å². The number of morpholine rings is 1. The van der Waals surface area contributed by atoms with Crippen LogP contribution in [0.2, 0.25) is 0 Å². The Morgan fingerprint density at radius 1 is 1.06 bits per heavy atom. The number of hydrogen-bond acceptors (Lipinski definition) is 6. The van der Waals surface area contributed by atoms with Crippen LogP contribution in [0.4, 0.5) is 14.6 Å². The van der Waals surface area contributed by atoms with E-state index in [-0.39, 0.29) is 11.6 Å². The molecule has 178 valence electrons. The van der Waals surface area contributed by atoms with Crippen molar-refractivity contribution in [3.63, 3.8) is 0 Å². The fourth-order valence-electron chi connectivity index (χ4n) is 6.52. The lowest BCUT2D eigenvalue weighted by Gasteiger charge is -2.33. The molecule has 0 spiro atoms. The SMILES string of the molecule is Nc1ncc(-c2cc([C@H]3[C@@H]4C[C@H](N5CCOCC5)C[C@@H]43)n(C3CCCC3)n2)cc1OC(F)F. The van der Waals surface area contributed by atoms with Gasteiger partial charge in [0.25, 0.3) is 0 Å².